The molecule has 2 aromatic rings. The number of nitrogens with zero attached hydrogens (tertiary/aromatic N) is 4. The molecule has 23 heavy (non-hydrogen) atoms. The third-order valence-electron chi connectivity index (χ3n) is 4.21. The number of aliphatic hydroxyl groups excluding tert-OH is 1. The van der Waals surface area contributed by atoms with Crippen LogP contribution in [0.15, 0.2) is 36.7 Å². The topological polar surface area (TPSA) is 84.4 Å². The molecular formula is C16H20N4O3. The van der Waals surface area contributed by atoms with Crippen LogP contribution in [0.3, 0.4) is 0 Å². The first kappa shape index (κ1) is 15.6. The molecule has 0 radical (unpaired) electrons. The molecule has 0 saturated carbocycles. The van der Waals surface area contributed by atoms with Gasteiger partial charge in [-0.25, -0.2) is 0 Å². The molecule has 3 rings (SSSR count). The smallest absolute Gasteiger partial charge is 0.306 e. The summed E-state index contributed by atoms with van der Waals surface area (Å²) in [4.78, 5) is 12.4. The second kappa shape index (κ2) is 6.89. The van der Waals surface area contributed by atoms with Crippen molar-refractivity contribution in [2.45, 2.75) is 25.5 Å². The largest absolute Gasteiger partial charge is 0.390 e. The molecule has 0 amide bonds. The molecule has 0 fully saturated rings. The molecule has 0 bridgehead atoms. The summed E-state index contributed by atoms with van der Waals surface area (Å²) in [5.41, 5.74) is 2.71. The van der Waals surface area contributed by atoms with Crippen LogP contribution in [-0.2, 0) is 19.4 Å². The van der Waals surface area contributed by atoms with E-state index < -0.39 is 11.0 Å². The molecule has 1 aliphatic rings. The van der Waals surface area contributed by atoms with Gasteiger partial charge in [0.1, 0.15) is 12.4 Å². The van der Waals surface area contributed by atoms with Crippen molar-refractivity contribution < 1.29 is 10.0 Å². The highest BCUT2D eigenvalue weighted by Crippen LogP contribution is 2.16. The SMILES string of the molecule is O=[N+]([O-])c1cnn(CC(O)CN2CCc3ccccc3CC2)c1. The first-order valence-corrected chi connectivity index (χ1v) is 7.76. The van der Waals surface area contributed by atoms with Crippen LogP contribution >= 0.6 is 0 Å². The average Bonchev–Trinajstić information content (AvgIpc) is 2.90. The van der Waals surface area contributed by atoms with E-state index in [0.29, 0.717) is 6.54 Å². The Balaban J connectivity index is 1.54. The van der Waals surface area contributed by atoms with Crippen LogP contribution in [0.5, 0.6) is 0 Å². The zero-order valence-corrected chi connectivity index (χ0v) is 12.8. The lowest BCUT2D eigenvalue weighted by Crippen LogP contribution is -2.36. The summed E-state index contributed by atoms with van der Waals surface area (Å²) >= 11 is 0. The lowest BCUT2D eigenvalue weighted by atomic mass is 10.0. The number of fused-ring (bicyclic) bond motifs is 1. The summed E-state index contributed by atoms with van der Waals surface area (Å²) < 4.78 is 1.43. The predicted octanol–water partition coefficient (Wildman–Crippen LogP) is 1.25. The molecule has 7 nitrogen and oxygen atoms in total. The Bertz CT molecular complexity index is 658. The summed E-state index contributed by atoms with van der Waals surface area (Å²) in [6.45, 7) is 2.62. The van der Waals surface area contributed by atoms with Crippen molar-refractivity contribution in [3.63, 3.8) is 0 Å². The molecule has 1 aliphatic heterocycles. The number of hydrogen-bond acceptors (Lipinski definition) is 5. The van der Waals surface area contributed by atoms with E-state index in [-0.39, 0.29) is 12.2 Å². The molecule has 0 saturated heterocycles. The number of aromatic nitrogens is 2. The van der Waals surface area contributed by atoms with Gasteiger partial charge in [0.25, 0.3) is 0 Å². The van der Waals surface area contributed by atoms with E-state index >= 15 is 0 Å². The predicted molar refractivity (Wildman–Crippen MR) is 85.2 cm³/mol. The zero-order chi connectivity index (χ0) is 16.2. The Morgan fingerprint density at radius 2 is 1.87 bits per heavy atom. The summed E-state index contributed by atoms with van der Waals surface area (Å²) in [5, 5.41) is 24.8. The van der Waals surface area contributed by atoms with Crippen LogP contribution in [0, 0.1) is 10.1 Å². The maximum Gasteiger partial charge on any atom is 0.306 e. The van der Waals surface area contributed by atoms with Crippen molar-refractivity contribution in [3.8, 4) is 0 Å². The summed E-state index contributed by atoms with van der Waals surface area (Å²) in [7, 11) is 0. The van der Waals surface area contributed by atoms with E-state index in [0.717, 1.165) is 25.9 Å². The maximum atomic E-state index is 10.6. The minimum Gasteiger partial charge on any atom is -0.390 e. The Hall–Kier alpha value is -2.25. The first-order valence-electron chi connectivity index (χ1n) is 7.76. The van der Waals surface area contributed by atoms with Gasteiger partial charge in [0.05, 0.1) is 17.6 Å². The van der Waals surface area contributed by atoms with Crippen molar-refractivity contribution in [3.05, 3.63) is 57.9 Å². The third-order valence-corrected chi connectivity index (χ3v) is 4.21. The quantitative estimate of drug-likeness (QED) is 0.663. The van der Waals surface area contributed by atoms with Gasteiger partial charge in [0.2, 0.25) is 0 Å². The van der Waals surface area contributed by atoms with E-state index in [9.17, 15) is 15.2 Å². The lowest BCUT2D eigenvalue weighted by Gasteiger charge is -2.23. The fraction of sp³-hybridized carbons (Fsp3) is 0.438. The zero-order valence-electron chi connectivity index (χ0n) is 12.8. The van der Waals surface area contributed by atoms with Gasteiger partial charge in [0, 0.05) is 19.6 Å². The summed E-state index contributed by atoms with van der Waals surface area (Å²) in [6, 6.07) is 8.46. The summed E-state index contributed by atoms with van der Waals surface area (Å²) in [6.07, 6.45) is 3.92. The molecule has 1 N–H and O–H groups in total. The number of aliphatic hydroxyl groups is 1. The summed E-state index contributed by atoms with van der Waals surface area (Å²) in [5.74, 6) is 0. The van der Waals surface area contributed by atoms with Crippen LogP contribution in [0.25, 0.3) is 0 Å². The fourth-order valence-electron chi connectivity index (χ4n) is 3.02. The highest BCUT2D eigenvalue weighted by atomic mass is 16.6. The molecule has 1 unspecified atom stereocenters. The Morgan fingerprint density at radius 3 is 2.43 bits per heavy atom. The molecule has 1 aromatic carbocycles. The van der Waals surface area contributed by atoms with Crippen molar-refractivity contribution >= 4 is 5.69 Å². The van der Waals surface area contributed by atoms with E-state index in [2.05, 4.69) is 34.3 Å². The molecule has 122 valence electrons. The van der Waals surface area contributed by atoms with Gasteiger partial charge < -0.3 is 10.0 Å². The minimum absolute atomic E-state index is 0.0533. The van der Waals surface area contributed by atoms with Crippen LogP contribution < -0.4 is 0 Å². The van der Waals surface area contributed by atoms with Gasteiger partial charge in [0.15, 0.2) is 0 Å². The average molecular weight is 316 g/mol. The molecule has 0 aliphatic carbocycles. The van der Waals surface area contributed by atoms with Crippen molar-refractivity contribution in [1.82, 2.24) is 14.7 Å². The number of β-amino-alcohol motifs (C(OH)–C–C–N with tert-alkyl or cyclic N) is 1. The number of nitro groups is 1. The highest BCUT2D eigenvalue weighted by Gasteiger charge is 2.18. The van der Waals surface area contributed by atoms with E-state index in [1.807, 2.05) is 0 Å². The standard InChI is InChI=1S/C16H20N4O3/c21-16(12-19-10-15(9-17-19)20(22)23)11-18-7-5-13-3-1-2-4-14(13)6-8-18/h1-4,9-10,16,21H,5-8,11-12H2. The monoisotopic (exact) mass is 316 g/mol. The number of rotatable bonds is 5. The first-order chi connectivity index (χ1) is 11.1. The van der Waals surface area contributed by atoms with Gasteiger partial charge in [-0.3, -0.25) is 14.8 Å². The van der Waals surface area contributed by atoms with Gasteiger partial charge in [-0.15, -0.1) is 0 Å². The second-order valence-electron chi connectivity index (χ2n) is 5.90. The lowest BCUT2D eigenvalue weighted by molar-refractivity contribution is -0.385. The number of benzene rings is 1. The van der Waals surface area contributed by atoms with Crippen molar-refractivity contribution in [1.29, 1.82) is 0 Å². The van der Waals surface area contributed by atoms with Gasteiger partial charge in [-0.1, -0.05) is 24.3 Å². The Labute approximate surface area is 134 Å². The molecule has 1 aromatic heterocycles. The minimum atomic E-state index is -0.601. The molecule has 2 heterocycles. The van der Waals surface area contributed by atoms with Crippen LogP contribution in [-0.4, -0.2) is 50.4 Å². The van der Waals surface area contributed by atoms with E-state index in [1.165, 1.54) is 28.2 Å². The van der Waals surface area contributed by atoms with Crippen molar-refractivity contribution in [2.24, 2.45) is 0 Å². The maximum absolute atomic E-state index is 10.6. The van der Waals surface area contributed by atoms with Crippen molar-refractivity contribution in [2.75, 3.05) is 19.6 Å². The van der Waals surface area contributed by atoms with E-state index in [4.69, 9.17) is 0 Å². The number of hydrogen-bond donors (Lipinski definition) is 1. The Morgan fingerprint density at radius 1 is 1.22 bits per heavy atom. The second-order valence-corrected chi connectivity index (χ2v) is 5.90. The van der Waals surface area contributed by atoms with Gasteiger partial charge >= 0.3 is 5.69 Å². The molecular weight excluding hydrogens is 296 g/mol. The fourth-order valence-corrected chi connectivity index (χ4v) is 3.02. The van der Waals surface area contributed by atoms with Crippen LogP contribution in [0.2, 0.25) is 0 Å². The molecule has 7 heteroatoms. The molecule has 1 atom stereocenters. The third kappa shape index (κ3) is 3.94. The molecule has 0 spiro atoms. The van der Waals surface area contributed by atoms with Gasteiger partial charge in [-0.2, -0.15) is 5.10 Å². The van der Waals surface area contributed by atoms with Crippen LogP contribution in [0.4, 0.5) is 5.69 Å². The highest BCUT2D eigenvalue weighted by molar-refractivity contribution is 5.28. The van der Waals surface area contributed by atoms with Gasteiger partial charge in [-0.05, 0) is 24.0 Å². The normalized spacial score (nSPS) is 16.6. The van der Waals surface area contributed by atoms with Crippen LogP contribution in [0.1, 0.15) is 11.1 Å². The Kier molecular flexibility index (Phi) is 4.68. The van der Waals surface area contributed by atoms with E-state index in [1.54, 1.807) is 0 Å².